The molecule has 0 fully saturated rings. The van der Waals surface area contributed by atoms with Gasteiger partial charge in [0.05, 0.1) is 11.3 Å². The summed E-state index contributed by atoms with van der Waals surface area (Å²) < 4.78 is 45.1. The van der Waals surface area contributed by atoms with Gasteiger partial charge in [0.25, 0.3) is 0 Å². The summed E-state index contributed by atoms with van der Waals surface area (Å²) in [6.07, 6.45) is -2.90. The molecule has 3 aromatic carbocycles. The first-order valence-corrected chi connectivity index (χ1v) is 10.5. The number of nitrogens with zero attached hydrogens (tertiary/aromatic N) is 2. The second-order valence-corrected chi connectivity index (χ2v) is 7.86. The Kier molecular flexibility index (Phi) is 6.61. The number of aromatic nitrogens is 2. The van der Waals surface area contributed by atoms with Crippen LogP contribution in [0.4, 0.5) is 13.2 Å². The Morgan fingerprint density at radius 2 is 1.76 bits per heavy atom. The molecule has 174 valence electrons. The van der Waals surface area contributed by atoms with Crippen LogP contribution in [-0.2, 0) is 12.8 Å². The molecular weight excluding hydrogens is 467 g/mol. The summed E-state index contributed by atoms with van der Waals surface area (Å²) in [5.41, 5.74) is 1.76. The van der Waals surface area contributed by atoms with Gasteiger partial charge in [-0.1, -0.05) is 48.0 Å². The van der Waals surface area contributed by atoms with Gasteiger partial charge in [-0.25, -0.2) is 0 Å². The Morgan fingerprint density at radius 3 is 2.38 bits per heavy atom. The lowest BCUT2D eigenvalue weighted by Crippen LogP contribution is -2.04. The molecule has 9 heteroatoms. The number of aliphatic imine (C=N–C) groups is 1. The van der Waals surface area contributed by atoms with E-state index >= 15 is 0 Å². The highest BCUT2D eigenvalue weighted by atomic mass is 35.5. The Morgan fingerprint density at radius 1 is 1.06 bits per heavy atom. The van der Waals surface area contributed by atoms with Crippen molar-refractivity contribution in [2.24, 2.45) is 4.99 Å². The lowest BCUT2D eigenvalue weighted by atomic mass is 9.97. The van der Waals surface area contributed by atoms with E-state index in [1.54, 1.807) is 43.6 Å². The molecule has 0 spiro atoms. The van der Waals surface area contributed by atoms with E-state index in [9.17, 15) is 18.3 Å². The Bertz CT molecular complexity index is 1310. The van der Waals surface area contributed by atoms with Crippen LogP contribution >= 0.6 is 11.6 Å². The molecule has 1 heterocycles. The molecule has 0 radical (unpaired) electrons. The maximum absolute atomic E-state index is 13.0. The van der Waals surface area contributed by atoms with Crippen LogP contribution in [0.3, 0.4) is 0 Å². The number of phenols is 1. The summed E-state index contributed by atoms with van der Waals surface area (Å²) in [4.78, 5) is 3.98. The zero-order valence-electron chi connectivity index (χ0n) is 17.9. The van der Waals surface area contributed by atoms with Crippen LogP contribution in [0.25, 0.3) is 22.4 Å². The highest BCUT2D eigenvalue weighted by Crippen LogP contribution is 2.44. The number of H-pyrrole nitrogens is 1. The van der Waals surface area contributed by atoms with Gasteiger partial charge in [0, 0.05) is 23.8 Å². The van der Waals surface area contributed by atoms with Crippen molar-refractivity contribution in [3.63, 3.8) is 0 Å². The first-order chi connectivity index (χ1) is 16.3. The third kappa shape index (κ3) is 5.07. The molecular formula is C25H19ClF3N3O2. The van der Waals surface area contributed by atoms with E-state index < -0.39 is 11.9 Å². The number of aromatic amines is 1. The van der Waals surface area contributed by atoms with E-state index in [2.05, 4.69) is 10.1 Å². The lowest BCUT2D eigenvalue weighted by Gasteiger charge is -2.16. The maximum atomic E-state index is 13.0. The second-order valence-electron chi connectivity index (χ2n) is 7.42. The van der Waals surface area contributed by atoms with E-state index in [-0.39, 0.29) is 23.6 Å². The van der Waals surface area contributed by atoms with Gasteiger partial charge in [-0.15, -0.1) is 0 Å². The Hall–Kier alpha value is -3.78. The van der Waals surface area contributed by atoms with E-state index in [4.69, 9.17) is 16.3 Å². The quantitative estimate of drug-likeness (QED) is 0.297. The van der Waals surface area contributed by atoms with Crippen molar-refractivity contribution in [3.05, 3.63) is 88.6 Å². The summed E-state index contributed by atoms with van der Waals surface area (Å²) >= 11 is 5.93. The number of alkyl halides is 3. The van der Waals surface area contributed by atoms with Gasteiger partial charge >= 0.3 is 6.18 Å². The normalized spacial score (nSPS) is 11.8. The molecule has 0 unspecified atom stereocenters. The minimum absolute atomic E-state index is 0.0370. The smallest absolute Gasteiger partial charge is 0.432 e. The molecule has 0 atom stereocenters. The monoisotopic (exact) mass is 485 g/mol. The van der Waals surface area contributed by atoms with Crippen LogP contribution < -0.4 is 4.74 Å². The van der Waals surface area contributed by atoms with Gasteiger partial charge in [0.1, 0.15) is 23.8 Å². The van der Waals surface area contributed by atoms with E-state index in [0.29, 0.717) is 21.9 Å². The van der Waals surface area contributed by atoms with E-state index in [0.717, 1.165) is 17.2 Å². The topological polar surface area (TPSA) is 70.5 Å². The van der Waals surface area contributed by atoms with Gasteiger partial charge in [-0.05, 0) is 47.0 Å². The molecule has 1 aromatic heterocycles. The molecule has 2 N–H and O–H groups in total. The van der Waals surface area contributed by atoms with Crippen molar-refractivity contribution in [2.45, 2.75) is 12.8 Å². The van der Waals surface area contributed by atoms with Gasteiger partial charge in [-0.2, -0.15) is 18.3 Å². The molecule has 0 saturated heterocycles. The number of hydrogen-bond acceptors (Lipinski definition) is 4. The average molecular weight is 486 g/mol. The number of ether oxygens (including phenoxy) is 1. The molecule has 0 aliphatic rings. The van der Waals surface area contributed by atoms with Gasteiger partial charge < -0.3 is 9.84 Å². The van der Waals surface area contributed by atoms with Gasteiger partial charge in [-0.3, -0.25) is 10.1 Å². The summed E-state index contributed by atoms with van der Waals surface area (Å²) in [6.45, 7) is 0.199. The summed E-state index contributed by atoms with van der Waals surface area (Å²) in [5, 5.41) is 17.5. The molecule has 34 heavy (non-hydrogen) atoms. The Labute approximate surface area is 198 Å². The molecule has 0 aliphatic heterocycles. The number of rotatable bonds is 6. The summed E-state index contributed by atoms with van der Waals surface area (Å²) in [5.74, 6) is 0.116. The van der Waals surface area contributed by atoms with Gasteiger partial charge in [0.2, 0.25) is 0 Å². The minimum atomic E-state index is -4.58. The van der Waals surface area contributed by atoms with Crippen LogP contribution in [0.1, 0.15) is 16.8 Å². The molecule has 0 bridgehead atoms. The molecule has 4 rings (SSSR count). The summed E-state index contributed by atoms with van der Waals surface area (Å²) in [7, 11) is 1.66. The first kappa shape index (κ1) is 23.4. The van der Waals surface area contributed by atoms with Crippen LogP contribution in [0.15, 0.2) is 71.7 Å². The fourth-order valence-corrected chi connectivity index (χ4v) is 3.54. The van der Waals surface area contributed by atoms with Crippen molar-refractivity contribution < 1.29 is 23.0 Å². The van der Waals surface area contributed by atoms with Crippen LogP contribution in [-0.4, -0.2) is 28.6 Å². The minimum Gasteiger partial charge on any atom is -0.506 e. The van der Waals surface area contributed by atoms with Crippen LogP contribution in [0.2, 0.25) is 5.02 Å². The third-order valence-corrected chi connectivity index (χ3v) is 5.34. The van der Waals surface area contributed by atoms with Crippen molar-refractivity contribution >= 4 is 17.8 Å². The van der Waals surface area contributed by atoms with Crippen molar-refractivity contribution in [3.8, 4) is 33.9 Å². The van der Waals surface area contributed by atoms with Gasteiger partial charge in [0.15, 0.2) is 0 Å². The molecule has 4 aromatic rings. The fourth-order valence-electron chi connectivity index (χ4n) is 3.41. The highest BCUT2D eigenvalue weighted by Gasteiger charge is 2.33. The average Bonchev–Trinajstić information content (AvgIpc) is 3.30. The number of halogens is 4. The van der Waals surface area contributed by atoms with Crippen molar-refractivity contribution in [1.29, 1.82) is 0 Å². The Balaban J connectivity index is 1.76. The maximum Gasteiger partial charge on any atom is 0.432 e. The van der Waals surface area contributed by atoms with E-state index in [1.807, 2.05) is 29.4 Å². The number of hydrogen-bond donors (Lipinski definition) is 2. The zero-order valence-corrected chi connectivity index (χ0v) is 18.7. The lowest BCUT2D eigenvalue weighted by molar-refractivity contribution is -0.141. The molecule has 0 aliphatic carbocycles. The summed E-state index contributed by atoms with van der Waals surface area (Å²) in [6, 6.07) is 18.2. The highest BCUT2D eigenvalue weighted by molar-refractivity contribution is 6.30. The van der Waals surface area contributed by atoms with Crippen LogP contribution in [0.5, 0.6) is 11.5 Å². The number of benzene rings is 3. The zero-order chi connectivity index (χ0) is 24.3. The predicted octanol–water partition coefficient (Wildman–Crippen LogP) is 6.75. The standard InChI is InChI=1S/C25H19ClF3N3O2/c1-30-13-15-2-6-17(7-3-15)23-21(34-14-16-4-8-18(26)9-5-16)11-10-19(24(23)33)20-12-22(32-31-20)25(27,28)29/h2-13,33H,14H2,1H3,(H,31,32). The van der Waals surface area contributed by atoms with Crippen molar-refractivity contribution in [1.82, 2.24) is 10.2 Å². The first-order valence-electron chi connectivity index (χ1n) is 10.1. The van der Waals surface area contributed by atoms with Crippen molar-refractivity contribution in [2.75, 3.05) is 7.05 Å². The molecule has 0 saturated carbocycles. The second kappa shape index (κ2) is 9.61. The number of phenolic OH excluding ortho intramolecular Hbond substituents is 1. The predicted molar refractivity (Wildman–Crippen MR) is 125 cm³/mol. The largest absolute Gasteiger partial charge is 0.506 e. The molecule has 5 nitrogen and oxygen atoms in total. The SMILES string of the molecule is CN=Cc1ccc(-c2c(OCc3ccc(Cl)cc3)ccc(-c3cc(C(F)(F)F)[nH]n3)c2O)cc1. The number of aromatic hydroxyl groups is 1. The molecule has 0 amide bonds. The number of nitrogens with one attached hydrogen (secondary N) is 1. The fraction of sp³-hybridized carbons (Fsp3) is 0.120. The third-order valence-electron chi connectivity index (χ3n) is 5.08. The van der Waals surface area contributed by atoms with E-state index in [1.165, 1.54) is 6.07 Å². The van der Waals surface area contributed by atoms with Crippen LogP contribution in [0, 0.1) is 0 Å².